The number of para-hydroxylation sites is 1. The molecule has 0 fully saturated rings. The molecule has 0 N–H and O–H groups in total. The van der Waals surface area contributed by atoms with E-state index in [4.69, 9.17) is 8.83 Å². The van der Waals surface area contributed by atoms with Gasteiger partial charge in [0.15, 0.2) is 0 Å². The Morgan fingerprint density at radius 1 is 0.377 bits per heavy atom. The largest absolute Gasteiger partial charge is 0.456 e. The molecule has 61 heavy (non-hydrogen) atoms. The van der Waals surface area contributed by atoms with Crippen LogP contribution in [-0.2, 0) is 10.8 Å². The maximum Gasteiger partial charge on any atom is 0.143 e. The molecule has 2 aliphatic carbocycles. The fraction of sp³-hybridized carbons (Fsp3) is 0.103. The molecule has 0 atom stereocenters. The number of nitrogens with zero attached hydrogens (tertiary/aromatic N) is 1. The van der Waals surface area contributed by atoms with Crippen molar-refractivity contribution >= 4 is 71.7 Å². The lowest BCUT2D eigenvalue weighted by molar-refractivity contribution is 0.660. The Morgan fingerprint density at radius 3 is 1.74 bits per heavy atom. The van der Waals surface area contributed by atoms with Crippen LogP contribution in [0.25, 0.3) is 88.0 Å². The zero-order valence-electron chi connectivity index (χ0n) is 34.5. The average molecular weight is 784 g/mol. The second-order valence-corrected chi connectivity index (χ2v) is 18.0. The van der Waals surface area contributed by atoms with Crippen LogP contribution in [0, 0.1) is 0 Å². The molecule has 13 rings (SSSR count). The lowest BCUT2D eigenvalue weighted by Crippen LogP contribution is -2.17. The summed E-state index contributed by atoms with van der Waals surface area (Å²) in [5.74, 6) is 0. The molecular weight excluding hydrogens is 743 g/mol. The van der Waals surface area contributed by atoms with Gasteiger partial charge in [0.05, 0.1) is 11.1 Å². The molecule has 11 aromatic rings. The van der Waals surface area contributed by atoms with Gasteiger partial charge in [-0.25, -0.2) is 0 Å². The van der Waals surface area contributed by atoms with Gasteiger partial charge in [0.2, 0.25) is 0 Å². The van der Waals surface area contributed by atoms with E-state index in [1.807, 2.05) is 6.07 Å². The van der Waals surface area contributed by atoms with E-state index >= 15 is 0 Å². The summed E-state index contributed by atoms with van der Waals surface area (Å²) in [6.07, 6.45) is 0. The quantitative estimate of drug-likeness (QED) is 0.178. The molecule has 2 aromatic heterocycles. The molecule has 0 bridgehead atoms. The Kier molecular flexibility index (Phi) is 6.85. The fourth-order valence-corrected chi connectivity index (χ4v) is 11.0. The van der Waals surface area contributed by atoms with Gasteiger partial charge >= 0.3 is 0 Å². The maximum absolute atomic E-state index is 6.98. The van der Waals surface area contributed by atoms with Crippen molar-refractivity contribution in [3.05, 3.63) is 198 Å². The molecule has 0 radical (unpaired) electrons. The average Bonchev–Trinajstić information content (AvgIpc) is 3.99. The van der Waals surface area contributed by atoms with E-state index in [1.165, 1.54) is 44.5 Å². The highest BCUT2D eigenvalue weighted by molar-refractivity contribution is 6.22. The lowest BCUT2D eigenvalue weighted by Gasteiger charge is -2.30. The van der Waals surface area contributed by atoms with Crippen LogP contribution in [0.15, 0.2) is 185 Å². The maximum atomic E-state index is 6.98. The molecule has 3 heteroatoms. The predicted octanol–water partition coefficient (Wildman–Crippen LogP) is 16.4. The zero-order valence-corrected chi connectivity index (χ0v) is 34.5. The highest BCUT2D eigenvalue weighted by Gasteiger charge is 2.38. The van der Waals surface area contributed by atoms with Crippen molar-refractivity contribution in [1.29, 1.82) is 0 Å². The van der Waals surface area contributed by atoms with Crippen LogP contribution in [0.4, 0.5) is 17.1 Å². The summed E-state index contributed by atoms with van der Waals surface area (Å²) in [6.45, 7) is 9.44. The second-order valence-electron chi connectivity index (χ2n) is 18.0. The van der Waals surface area contributed by atoms with E-state index in [-0.39, 0.29) is 10.8 Å². The molecule has 0 amide bonds. The Morgan fingerprint density at radius 2 is 0.951 bits per heavy atom. The molecule has 0 aliphatic heterocycles. The number of rotatable bonds is 4. The van der Waals surface area contributed by atoms with Gasteiger partial charge in [-0.3, -0.25) is 0 Å². The van der Waals surface area contributed by atoms with E-state index in [2.05, 4.69) is 202 Å². The first kappa shape index (κ1) is 34.5. The Bertz CT molecular complexity index is 3670. The van der Waals surface area contributed by atoms with Gasteiger partial charge in [-0.2, -0.15) is 0 Å². The van der Waals surface area contributed by atoms with Crippen molar-refractivity contribution in [3.8, 4) is 33.4 Å². The summed E-state index contributed by atoms with van der Waals surface area (Å²) in [5, 5.41) is 6.64. The summed E-state index contributed by atoms with van der Waals surface area (Å²) >= 11 is 0. The number of hydrogen-bond donors (Lipinski definition) is 0. The SMILES string of the molecule is CC1(C)c2ccccc2-c2ccc(-c3ccc4oc5c6ccccc6ccc5c4c3N(c3ccc4c(c3)C(C)(C)c3ccccc3-4)c3ccc4c(c3)oc3ccccc34)cc21. The number of benzene rings is 9. The Balaban J connectivity index is 1.14. The van der Waals surface area contributed by atoms with Gasteiger partial charge in [0, 0.05) is 55.4 Å². The van der Waals surface area contributed by atoms with Crippen LogP contribution in [0.2, 0.25) is 0 Å². The van der Waals surface area contributed by atoms with Crippen molar-refractivity contribution in [2.75, 3.05) is 4.90 Å². The first-order chi connectivity index (χ1) is 29.8. The number of hydrogen-bond acceptors (Lipinski definition) is 3. The summed E-state index contributed by atoms with van der Waals surface area (Å²) < 4.78 is 13.6. The monoisotopic (exact) mass is 783 g/mol. The van der Waals surface area contributed by atoms with Gasteiger partial charge in [0.1, 0.15) is 22.3 Å². The Hall–Kier alpha value is -7.36. The third kappa shape index (κ3) is 4.69. The number of fused-ring (bicyclic) bond motifs is 14. The third-order valence-electron chi connectivity index (χ3n) is 14.1. The lowest BCUT2D eigenvalue weighted by atomic mass is 9.81. The van der Waals surface area contributed by atoms with Gasteiger partial charge in [-0.1, -0.05) is 143 Å². The highest BCUT2D eigenvalue weighted by Crippen LogP contribution is 2.55. The number of anilines is 3. The Labute approximate surface area is 354 Å². The smallest absolute Gasteiger partial charge is 0.143 e. The van der Waals surface area contributed by atoms with Crippen LogP contribution < -0.4 is 4.90 Å². The van der Waals surface area contributed by atoms with E-state index in [9.17, 15) is 0 Å². The molecule has 2 aliphatic rings. The van der Waals surface area contributed by atoms with Crippen molar-refractivity contribution < 1.29 is 8.83 Å². The van der Waals surface area contributed by atoms with E-state index in [0.29, 0.717) is 0 Å². The predicted molar refractivity (Wildman–Crippen MR) is 254 cm³/mol. The standard InChI is InChI=1S/C58H41NO2/c1-57(2)47-18-10-7-15-40(47)42-25-22-35(31-49(42)57)38-29-30-52-54(46-26-21-34-13-5-6-14-39(34)56(46)61-52)55(38)59(37-24-28-45-44-17-9-12-20-51(44)60-53(45)33-37)36-23-27-43-41-16-8-11-19-48(41)58(3,4)50(43)32-36/h5-33H,1-4H3. The van der Waals surface area contributed by atoms with Crippen molar-refractivity contribution in [2.24, 2.45) is 0 Å². The molecule has 0 spiro atoms. The van der Waals surface area contributed by atoms with Crippen LogP contribution in [0.3, 0.4) is 0 Å². The summed E-state index contributed by atoms with van der Waals surface area (Å²) in [5.41, 5.74) is 19.2. The highest BCUT2D eigenvalue weighted by atomic mass is 16.3. The second kappa shape index (κ2) is 12.1. The van der Waals surface area contributed by atoms with Gasteiger partial charge < -0.3 is 13.7 Å². The van der Waals surface area contributed by atoms with Crippen molar-refractivity contribution in [1.82, 2.24) is 0 Å². The van der Waals surface area contributed by atoms with E-state index in [1.54, 1.807) is 0 Å². The summed E-state index contributed by atoms with van der Waals surface area (Å²) in [7, 11) is 0. The molecule has 0 saturated heterocycles. The minimum absolute atomic E-state index is 0.153. The summed E-state index contributed by atoms with van der Waals surface area (Å²) in [6, 6.07) is 64.5. The zero-order chi connectivity index (χ0) is 40.8. The van der Waals surface area contributed by atoms with Gasteiger partial charge in [-0.15, -0.1) is 0 Å². The van der Waals surface area contributed by atoms with Gasteiger partial charge in [-0.05, 0) is 110 Å². The molecule has 9 aromatic carbocycles. The summed E-state index contributed by atoms with van der Waals surface area (Å²) in [4.78, 5) is 2.47. The third-order valence-corrected chi connectivity index (χ3v) is 14.1. The first-order valence-electron chi connectivity index (χ1n) is 21.3. The van der Waals surface area contributed by atoms with Gasteiger partial charge in [0.25, 0.3) is 0 Å². The molecule has 290 valence electrons. The van der Waals surface area contributed by atoms with E-state index < -0.39 is 0 Å². The fourth-order valence-electron chi connectivity index (χ4n) is 11.0. The van der Waals surface area contributed by atoms with Crippen LogP contribution >= 0.6 is 0 Å². The number of furan rings is 2. The minimum atomic E-state index is -0.188. The molecular formula is C58H41NO2. The topological polar surface area (TPSA) is 29.5 Å². The minimum Gasteiger partial charge on any atom is -0.456 e. The molecule has 0 unspecified atom stereocenters. The molecule has 3 nitrogen and oxygen atoms in total. The van der Waals surface area contributed by atoms with Crippen LogP contribution in [0.5, 0.6) is 0 Å². The molecule has 2 heterocycles. The first-order valence-corrected chi connectivity index (χ1v) is 21.3. The van der Waals surface area contributed by atoms with Crippen LogP contribution in [-0.4, -0.2) is 0 Å². The normalized spacial score (nSPS) is 14.5. The van der Waals surface area contributed by atoms with E-state index in [0.717, 1.165) is 82.8 Å². The van der Waals surface area contributed by atoms with Crippen molar-refractivity contribution in [2.45, 2.75) is 38.5 Å². The van der Waals surface area contributed by atoms with Crippen LogP contribution in [0.1, 0.15) is 49.9 Å². The van der Waals surface area contributed by atoms with Crippen molar-refractivity contribution in [3.63, 3.8) is 0 Å². The molecule has 0 saturated carbocycles.